The Morgan fingerprint density at radius 1 is 1.00 bits per heavy atom. The van der Waals surface area contributed by atoms with Gasteiger partial charge in [0, 0.05) is 5.39 Å². The number of para-hydroxylation sites is 1. The fourth-order valence-electron chi connectivity index (χ4n) is 2.10. The summed E-state index contributed by atoms with van der Waals surface area (Å²) in [5.74, 6) is 1.76. The molecule has 0 bridgehead atoms. The first-order chi connectivity index (χ1) is 9.85. The molecule has 2 heteroatoms. The van der Waals surface area contributed by atoms with Gasteiger partial charge in [-0.25, -0.2) is 0 Å². The number of benzene rings is 2. The van der Waals surface area contributed by atoms with E-state index in [2.05, 4.69) is 0 Å². The van der Waals surface area contributed by atoms with E-state index in [4.69, 9.17) is 9.15 Å². The summed E-state index contributed by atoms with van der Waals surface area (Å²) in [5.41, 5.74) is 2.03. The van der Waals surface area contributed by atoms with Crippen molar-refractivity contribution in [1.29, 1.82) is 0 Å². The van der Waals surface area contributed by atoms with Crippen LogP contribution in [0.5, 0.6) is 5.75 Å². The molecule has 1 heterocycles. The topological polar surface area (TPSA) is 22.4 Å². The quantitative estimate of drug-likeness (QED) is 0.661. The number of hydrogen-bond acceptors (Lipinski definition) is 2. The van der Waals surface area contributed by atoms with Gasteiger partial charge in [0.15, 0.2) is 0 Å². The fourth-order valence-corrected chi connectivity index (χ4v) is 2.10. The van der Waals surface area contributed by atoms with E-state index >= 15 is 0 Å². The summed E-state index contributed by atoms with van der Waals surface area (Å²) < 4.78 is 11.2. The first-order valence-electron chi connectivity index (χ1n) is 6.74. The van der Waals surface area contributed by atoms with Crippen LogP contribution in [0.3, 0.4) is 0 Å². The highest BCUT2D eigenvalue weighted by Gasteiger charge is 1.99. The van der Waals surface area contributed by atoms with Crippen LogP contribution in [0.2, 0.25) is 0 Å². The van der Waals surface area contributed by atoms with Crippen LogP contribution in [-0.2, 0) is 0 Å². The average molecular weight is 264 g/mol. The Hall–Kier alpha value is -2.48. The van der Waals surface area contributed by atoms with Gasteiger partial charge in [-0.1, -0.05) is 36.4 Å². The molecule has 0 N–H and O–H groups in total. The van der Waals surface area contributed by atoms with E-state index in [-0.39, 0.29) is 0 Å². The van der Waals surface area contributed by atoms with Crippen LogP contribution >= 0.6 is 0 Å². The molecular formula is C18H16O2. The molecule has 0 amide bonds. The molecule has 3 aromatic rings. The van der Waals surface area contributed by atoms with E-state index in [1.165, 1.54) is 0 Å². The molecule has 0 spiro atoms. The fraction of sp³-hybridized carbons (Fsp3) is 0.111. The van der Waals surface area contributed by atoms with Gasteiger partial charge in [0.1, 0.15) is 17.1 Å². The monoisotopic (exact) mass is 264 g/mol. The normalized spacial score (nSPS) is 11.2. The Bertz CT molecular complexity index is 688. The Morgan fingerprint density at radius 3 is 2.55 bits per heavy atom. The minimum Gasteiger partial charge on any atom is -0.494 e. The second-order valence-electron chi connectivity index (χ2n) is 4.52. The SMILES string of the molecule is CCOc1ccc(/C=C/c2cc3ccccc3o2)cc1. The molecule has 0 saturated carbocycles. The molecule has 100 valence electrons. The third kappa shape index (κ3) is 2.75. The highest BCUT2D eigenvalue weighted by molar-refractivity contribution is 5.81. The van der Waals surface area contributed by atoms with Crippen molar-refractivity contribution in [2.75, 3.05) is 6.61 Å². The van der Waals surface area contributed by atoms with Crippen molar-refractivity contribution in [2.24, 2.45) is 0 Å². The first-order valence-corrected chi connectivity index (χ1v) is 6.74. The van der Waals surface area contributed by atoms with Crippen molar-refractivity contribution >= 4 is 23.1 Å². The number of furan rings is 1. The maximum atomic E-state index is 5.74. The lowest BCUT2D eigenvalue weighted by Gasteiger charge is -2.01. The minimum absolute atomic E-state index is 0.689. The van der Waals surface area contributed by atoms with Crippen LogP contribution in [0.4, 0.5) is 0 Å². The Morgan fingerprint density at radius 2 is 1.80 bits per heavy atom. The van der Waals surface area contributed by atoms with E-state index in [0.29, 0.717) is 6.61 Å². The number of fused-ring (bicyclic) bond motifs is 1. The predicted octanol–water partition coefficient (Wildman–Crippen LogP) is 5.00. The van der Waals surface area contributed by atoms with Crippen LogP contribution in [0.25, 0.3) is 23.1 Å². The molecule has 0 saturated heterocycles. The van der Waals surface area contributed by atoms with Crippen molar-refractivity contribution in [3.63, 3.8) is 0 Å². The zero-order valence-electron chi connectivity index (χ0n) is 11.4. The molecule has 0 atom stereocenters. The number of hydrogen-bond donors (Lipinski definition) is 0. The molecule has 1 aromatic heterocycles. The number of rotatable bonds is 4. The first kappa shape index (κ1) is 12.5. The summed E-state index contributed by atoms with van der Waals surface area (Å²) in [4.78, 5) is 0. The highest BCUT2D eigenvalue weighted by atomic mass is 16.5. The van der Waals surface area contributed by atoms with Crippen molar-refractivity contribution < 1.29 is 9.15 Å². The molecule has 0 aliphatic rings. The lowest BCUT2D eigenvalue weighted by Crippen LogP contribution is -1.90. The zero-order valence-corrected chi connectivity index (χ0v) is 11.4. The van der Waals surface area contributed by atoms with Gasteiger partial charge in [0.05, 0.1) is 6.61 Å². The van der Waals surface area contributed by atoms with E-state index < -0.39 is 0 Å². The van der Waals surface area contributed by atoms with Crippen molar-refractivity contribution in [1.82, 2.24) is 0 Å². The molecule has 0 unspecified atom stereocenters. The van der Waals surface area contributed by atoms with Gasteiger partial charge in [-0.2, -0.15) is 0 Å². The predicted molar refractivity (Wildman–Crippen MR) is 82.8 cm³/mol. The van der Waals surface area contributed by atoms with Gasteiger partial charge in [0.2, 0.25) is 0 Å². The largest absolute Gasteiger partial charge is 0.494 e. The smallest absolute Gasteiger partial charge is 0.134 e. The maximum Gasteiger partial charge on any atom is 0.134 e. The third-order valence-electron chi connectivity index (χ3n) is 3.08. The summed E-state index contributed by atoms with van der Waals surface area (Å²) in [6.45, 7) is 2.67. The lowest BCUT2D eigenvalue weighted by atomic mass is 10.2. The van der Waals surface area contributed by atoms with Crippen LogP contribution < -0.4 is 4.74 Å². The van der Waals surface area contributed by atoms with E-state index in [1.807, 2.05) is 73.7 Å². The summed E-state index contributed by atoms with van der Waals surface area (Å²) in [6.07, 6.45) is 4.02. The highest BCUT2D eigenvalue weighted by Crippen LogP contribution is 2.21. The summed E-state index contributed by atoms with van der Waals surface area (Å²) in [6, 6.07) is 18.1. The van der Waals surface area contributed by atoms with Gasteiger partial charge < -0.3 is 9.15 Å². The van der Waals surface area contributed by atoms with Crippen LogP contribution in [0.1, 0.15) is 18.2 Å². The summed E-state index contributed by atoms with van der Waals surface area (Å²) in [7, 11) is 0. The second-order valence-corrected chi connectivity index (χ2v) is 4.52. The molecule has 20 heavy (non-hydrogen) atoms. The minimum atomic E-state index is 0.689. The maximum absolute atomic E-state index is 5.74. The van der Waals surface area contributed by atoms with E-state index in [0.717, 1.165) is 28.0 Å². The molecule has 0 radical (unpaired) electrons. The van der Waals surface area contributed by atoms with Gasteiger partial charge >= 0.3 is 0 Å². The van der Waals surface area contributed by atoms with Crippen LogP contribution in [-0.4, -0.2) is 6.61 Å². The molecule has 0 aliphatic heterocycles. The molecular weight excluding hydrogens is 248 g/mol. The lowest BCUT2D eigenvalue weighted by molar-refractivity contribution is 0.340. The Labute approximate surface area is 118 Å². The van der Waals surface area contributed by atoms with Gasteiger partial charge in [-0.3, -0.25) is 0 Å². The van der Waals surface area contributed by atoms with Gasteiger partial charge in [0.25, 0.3) is 0 Å². The molecule has 3 rings (SSSR count). The Balaban J connectivity index is 1.79. The van der Waals surface area contributed by atoms with Gasteiger partial charge in [-0.15, -0.1) is 0 Å². The van der Waals surface area contributed by atoms with E-state index in [1.54, 1.807) is 0 Å². The third-order valence-corrected chi connectivity index (χ3v) is 3.08. The summed E-state index contributed by atoms with van der Waals surface area (Å²) in [5, 5.41) is 1.12. The van der Waals surface area contributed by atoms with Crippen LogP contribution in [0, 0.1) is 0 Å². The van der Waals surface area contributed by atoms with E-state index in [9.17, 15) is 0 Å². The standard InChI is InChI=1S/C18H16O2/c1-2-19-16-10-7-14(8-11-16)9-12-17-13-15-5-3-4-6-18(15)20-17/h3-13H,2H2,1H3/b12-9+. The average Bonchev–Trinajstić information content (AvgIpc) is 2.90. The molecule has 0 fully saturated rings. The van der Waals surface area contributed by atoms with Crippen molar-refractivity contribution in [2.45, 2.75) is 6.92 Å². The van der Waals surface area contributed by atoms with Gasteiger partial charge in [-0.05, 0) is 42.8 Å². The van der Waals surface area contributed by atoms with Crippen molar-refractivity contribution in [3.8, 4) is 5.75 Å². The summed E-state index contributed by atoms with van der Waals surface area (Å²) >= 11 is 0. The molecule has 2 nitrogen and oxygen atoms in total. The Kier molecular flexibility index (Phi) is 3.55. The molecule has 0 aliphatic carbocycles. The second kappa shape index (κ2) is 5.66. The van der Waals surface area contributed by atoms with Crippen molar-refractivity contribution in [3.05, 3.63) is 65.9 Å². The molecule has 2 aromatic carbocycles. The number of ether oxygens (including phenoxy) is 1. The van der Waals surface area contributed by atoms with Crippen LogP contribution in [0.15, 0.2) is 59.0 Å². The zero-order chi connectivity index (χ0) is 13.8.